The summed E-state index contributed by atoms with van der Waals surface area (Å²) in [5, 5.41) is 5.89. The molecule has 1 unspecified atom stereocenters. The first-order valence-corrected chi connectivity index (χ1v) is 11.9. The summed E-state index contributed by atoms with van der Waals surface area (Å²) >= 11 is 6.04. The van der Waals surface area contributed by atoms with Crippen LogP contribution in [0.4, 0.5) is 0 Å². The molecule has 1 fully saturated rings. The Morgan fingerprint density at radius 3 is 2.53 bits per heavy atom. The number of sulfone groups is 1. The van der Waals surface area contributed by atoms with Crippen molar-refractivity contribution in [3.63, 3.8) is 0 Å². The number of pyridine rings is 1. The summed E-state index contributed by atoms with van der Waals surface area (Å²) in [4.78, 5) is 17.4. The van der Waals surface area contributed by atoms with Crippen molar-refractivity contribution in [2.45, 2.75) is 32.2 Å². The van der Waals surface area contributed by atoms with Crippen molar-refractivity contribution in [2.75, 3.05) is 18.6 Å². The summed E-state index contributed by atoms with van der Waals surface area (Å²) in [6.45, 7) is 3.96. The number of carbonyl (C=O) groups excluding carboxylic acids is 1. The third kappa shape index (κ3) is 3.70. The number of nitrogens with zero attached hydrogens (tertiary/aromatic N) is 3. The number of esters is 1. The quantitative estimate of drug-likeness (QED) is 0.561. The van der Waals surface area contributed by atoms with Gasteiger partial charge in [-0.05, 0) is 30.5 Å². The summed E-state index contributed by atoms with van der Waals surface area (Å²) in [5.74, 6) is -0.306. The van der Waals surface area contributed by atoms with Crippen LogP contribution in [0.2, 0.25) is 5.02 Å². The molecule has 3 heterocycles. The number of aromatic nitrogens is 3. The Bertz CT molecular complexity index is 1230. The number of hydrogen-bond acceptors (Lipinski definition) is 6. The average Bonchev–Trinajstić information content (AvgIpc) is 3.27. The van der Waals surface area contributed by atoms with Gasteiger partial charge in [-0.2, -0.15) is 5.10 Å². The van der Waals surface area contributed by atoms with Gasteiger partial charge < -0.3 is 4.74 Å². The van der Waals surface area contributed by atoms with Crippen LogP contribution in [0.15, 0.2) is 30.3 Å². The minimum Gasteiger partial charge on any atom is -0.465 e. The molecule has 1 aromatic carbocycles. The second kappa shape index (κ2) is 7.67. The second-order valence-corrected chi connectivity index (χ2v) is 10.5. The third-order valence-electron chi connectivity index (χ3n) is 5.35. The maximum Gasteiger partial charge on any atom is 0.338 e. The molecule has 0 saturated carbocycles. The van der Waals surface area contributed by atoms with Gasteiger partial charge in [0.15, 0.2) is 15.5 Å². The normalized spacial score (nSPS) is 18.2. The van der Waals surface area contributed by atoms with Crippen LogP contribution in [0.5, 0.6) is 0 Å². The van der Waals surface area contributed by atoms with E-state index in [0.717, 1.165) is 5.56 Å². The highest BCUT2D eigenvalue weighted by atomic mass is 35.5. The molecule has 158 valence electrons. The molecule has 0 aliphatic carbocycles. The van der Waals surface area contributed by atoms with E-state index in [0.29, 0.717) is 39.4 Å². The van der Waals surface area contributed by atoms with Crippen molar-refractivity contribution < 1.29 is 17.9 Å². The number of carbonyl (C=O) groups is 1. The number of methoxy groups -OCH3 is 1. The smallest absolute Gasteiger partial charge is 0.338 e. The van der Waals surface area contributed by atoms with Crippen LogP contribution in [0, 0.1) is 0 Å². The van der Waals surface area contributed by atoms with Gasteiger partial charge in [0, 0.05) is 16.3 Å². The summed E-state index contributed by atoms with van der Waals surface area (Å²) in [6, 6.07) is 8.52. The van der Waals surface area contributed by atoms with Crippen LogP contribution >= 0.6 is 11.6 Å². The van der Waals surface area contributed by atoms with Gasteiger partial charge in [-0.15, -0.1) is 0 Å². The van der Waals surface area contributed by atoms with Crippen LogP contribution in [-0.2, 0) is 14.6 Å². The minimum atomic E-state index is -3.13. The topological polar surface area (TPSA) is 91.2 Å². The average molecular weight is 448 g/mol. The van der Waals surface area contributed by atoms with Crippen LogP contribution < -0.4 is 0 Å². The maximum absolute atomic E-state index is 12.7. The van der Waals surface area contributed by atoms with E-state index in [2.05, 4.69) is 0 Å². The summed E-state index contributed by atoms with van der Waals surface area (Å²) < 4.78 is 30.9. The molecule has 30 heavy (non-hydrogen) atoms. The Balaban J connectivity index is 2.05. The highest BCUT2D eigenvalue weighted by Gasteiger charge is 2.33. The Morgan fingerprint density at radius 1 is 1.27 bits per heavy atom. The maximum atomic E-state index is 12.7. The molecule has 9 heteroatoms. The lowest BCUT2D eigenvalue weighted by atomic mass is 10.0. The molecule has 1 aliphatic rings. The van der Waals surface area contributed by atoms with Crippen LogP contribution in [0.3, 0.4) is 0 Å². The molecule has 3 aromatic rings. The molecule has 1 atom stereocenters. The second-order valence-electron chi connectivity index (χ2n) is 7.80. The van der Waals surface area contributed by atoms with E-state index in [-0.39, 0.29) is 23.5 Å². The van der Waals surface area contributed by atoms with Crippen molar-refractivity contribution >= 4 is 38.4 Å². The molecule has 0 N–H and O–H groups in total. The number of ether oxygens (including phenoxy) is 1. The Morgan fingerprint density at radius 2 is 1.97 bits per heavy atom. The van der Waals surface area contributed by atoms with Crippen LogP contribution in [-0.4, -0.2) is 47.8 Å². The predicted molar refractivity (Wildman–Crippen MR) is 116 cm³/mol. The lowest BCUT2D eigenvalue weighted by Gasteiger charge is -2.12. The summed E-state index contributed by atoms with van der Waals surface area (Å²) in [6.07, 6.45) is 0.459. The largest absolute Gasteiger partial charge is 0.465 e. The van der Waals surface area contributed by atoms with Crippen LogP contribution in [0.25, 0.3) is 22.3 Å². The predicted octanol–water partition coefficient (Wildman–Crippen LogP) is 4.02. The van der Waals surface area contributed by atoms with Crippen molar-refractivity contribution in [1.82, 2.24) is 14.8 Å². The van der Waals surface area contributed by atoms with Crippen molar-refractivity contribution in [1.29, 1.82) is 0 Å². The van der Waals surface area contributed by atoms with E-state index in [4.69, 9.17) is 26.4 Å². The van der Waals surface area contributed by atoms with Gasteiger partial charge in [0.05, 0.1) is 35.6 Å². The monoisotopic (exact) mass is 447 g/mol. The molecule has 0 radical (unpaired) electrons. The van der Waals surface area contributed by atoms with E-state index < -0.39 is 15.8 Å². The first kappa shape index (κ1) is 20.8. The molecule has 0 spiro atoms. The molecule has 1 saturated heterocycles. The summed E-state index contributed by atoms with van der Waals surface area (Å²) in [7, 11) is -1.80. The number of halogens is 1. The zero-order valence-corrected chi connectivity index (χ0v) is 18.5. The van der Waals surface area contributed by atoms with Gasteiger partial charge in [0.25, 0.3) is 0 Å². The van der Waals surface area contributed by atoms with Crippen molar-refractivity contribution in [2.24, 2.45) is 0 Å². The van der Waals surface area contributed by atoms with Gasteiger partial charge >= 0.3 is 5.97 Å². The van der Waals surface area contributed by atoms with Crippen LogP contribution in [0.1, 0.15) is 48.3 Å². The molecule has 1 aliphatic heterocycles. The fourth-order valence-corrected chi connectivity index (χ4v) is 5.57. The number of benzene rings is 1. The molecule has 4 rings (SSSR count). The molecule has 0 bridgehead atoms. The molecular formula is C21H22ClN3O4S. The first-order valence-electron chi connectivity index (χ1n) is 9.68. The zero-order valence-electron chi connectivity index (χ0n) is 16.9. The number of rotatable bonds is 4. The lowest BCUT2D eigenvalue weighted by Crippen LogP contribution is -2.14. The number of fused-ring (bicyclic) bond motifs is 1. The van der Waals surface area contributed by atoms with E-state index >= 15 is 0 Å². The Hall–Kier alpha value is -2.45. The van der Waals surface area contributed by atoms with Gasteiger partial charge in [-0.1, -0.05) is 37.6 Å². The zero-order chi connectivity index (χ0) is 21.6. The van der Waals surface area contributed by atoms with E-state index in [9.17, 15) is 13.2 Å². The van der Waals surface area contributed by atoms with E-state index in [1.165, 1.54) is 7.11 Å². The molecule has 2 aromatic heterocycles. The molecule has 7 nitrogen and oxygen atoms in total. The minimum absolute atomic E-state index is 0.00494. The van der Waals surface area contributed by atoms with Gasteiger partial charge in [-0.25, -0.2) is 22.9 Å². The van der Waals surface area contributed by atoms with Gasteiger partial charge in [-0.3, -0.25) is 0 Å². The van der Waals surface area contributed by atoms with Gasteiger partial charge in [0.2, 0.25) is 0 Å². The fraction of sp³-hybridized carbons (Fsp3) is 0.381. The fourth-order valence-electron chi connectivity index (χ4n) is 3.75. The Labute approximate surface area is 179 Å². The highest BCUT2D eigenvalue weighted by Crippen LogP contribution is 2.36. The third-order valence-corrected chi connectivity index (χ3v) is 7.35. The SMILES string of the molecule is COC(=O)c1cc(C(C)C)nc2c1c(-c1ccc(Cl)cc1)nn2C1CCS(=O)(=O)C1. The summed E-state index contributed by atoms with van der Waals surface area (Å²) in [5.41, 5.74) is 2.88. The van der Waals surface area contributed by atoms with Crippen molar-refractivity contribution in [3.05, 3.63) is 46.6 Å². The number of hydrogen-bond donors (Lipinski definition) is 0. The lowest BCUT2D eigenvalue weighted by molar-refractivity contribution is 0.0602. The Kier molecular flexibility index (Phi) is 5.32. The molecular weight excluding hydrogens is 426 g/mol. The van der Waals surface area contributed by atoms with Crippen molar-refractivity contribution in [3.8, 4) is 11.3 Å². The van der Waals surface area contributed by atoms with E-state index in [1.54, 1.807) is 22.9 Å². The van der Waals surface area contributed by atoms with E-state index in [1.807, 2.05) is 26.0 Å². The first-order chi connectivity index (χ1) is 14.2. The molecule has 0 amide bonds. The van der Waals surface area contributed by atoms with Gasteiger partial charge in [0.1, 0.15) is 5.69 Å². The standard InChI is InChI=1S/C21H22ClN3O4S/c1-12(2)17-10-16(21(26)29-3)18-19(13-4-6-14(22)7-5-13)24-25(20(18)23-17)15-8-9-30(27,28)11-15/h4-7,10,12,15H,8-9,11H2,1-3H3. The highest BCUT2D eigenvalue weighted by molar-refractivity contribution is 7.91.